The van der Waals surface area contributed by atoms with Crippen molar-refractivity contribution < 1.29 is 9.72 Å². The number of likely N-dealkylation sites (tertiary alicyclic amines) is 1. The van der Waals surface area contributed by atoms with Crippen LogP contribution in [0.5, 0.6) is 0 Å². The monoisotopic (exact) mass is 381 g/mol. The van der Waals surface area contributed by atoms with Gasteiger partial charge in [-0.15, -0.1) is 23.7 Å². The van der Waals surface area contributed by atoms with Gasteiger partial charge in [-0.2, -0.15) is 0 Å². The maximum absolute atomic E-state index is 12.4. The first-order valence-corrected chi connectivity index (χ1v) is 8.83. The molecule has 0 radical (unpaired) electrons. The average molecular weight is 382 g/mol. The van der Waals surface area contributed by atoms with Crippen molar-refractivity contribution in [2.24, 2.45) is 0 Å². The van der Waals surface area contributed by atoms with Crippen LogP contribution in [0.1, 0.15) is 34.1 Å². The van der Waals surface area contributed by atoms with Gasteiger partial charge < -0.3 is 5.32 Å². The number of thiophene rings is 1. The van der Waals surface area contributed by atoms with Gasteiger partial charge in [-0.25, -0.2) is 0 Å². The van der Waals surface area contributed by atoms with Gasteiger partial charge in [-0.1, -0.05) is 12.1 Å². The summed E-state index contributed by atoms with van der Waals surface area (Å²) in [4.78, 5) is 26.3. The molecule has 2 aromatic rings. The molecule has 1 aliphatic heterocycles. The number of carbonyl (C=O) groups is 1. The minimum absolute atomic E-state index is 0. The number of nitrogens with zero attached hydrogens (tertiary/aromatic N) is 2. The van der Waals surface area contributed by atoms with Gasteiger partial charge in [-0.3, -0.25) is 19.8 Å². The lowest BCUT2D eigenvalue weighted by atomic mass is 10.1. The van der Waals surface area contributed by atoms with Crippen LogP contribution in [0, 0.1) is 10.1 Å². The quantitative estimate of drug-likeness (QED) is 0.612. The molecule has 0 aliphatic carbocycles. The van der Waals surface area contributed by atoms with Gasteiger partial charge >= 0.3 is 0 Å². The van der Waals surface area contributed by atoms with E-state index in [4.69, 9.17) is 0 Å². The lowest BCUT2D eigenvalue weighted by molar-refractivity contribution is -0.384. The Labute approximate surface area is 156 Å². The van der Waals surface area contributed by atoms with Crippen LogP contribution in [0.15, 0.2) is 41.8 Å². The molecule has 1 aromatic heterocycles. The molecule has 8 heteroatoms. The van der Waals surface area contributed by atoms with Crippen LogP contribution < -0.4 is 5.32 Å². The van der Waals surface area contributed by atoms with Crippen LogP contribution in [0.25, 0.3) is 0 Å². The number of nitrogens with one attached hydrogen (secondary N) is 1. The highest BCUT2D eigenvalue weighted by molar-refractivity contribution is 7.10. The Kier molecular flexibility index (Phi) is 6.92. The van der Waals surface area contributed by atoms with Gasteiger partial charge in [0.2, 0.25) is 0 Å². The zero-order chi connectivity index (χ0) is 16.9. The number of nitro groups is 1. The van der Waals surface area contributed by atoms with Crippen molar-refractivity contribution in [1.29, 1.82) is 0 Å². The summed E-state index contributed by atoms with van der Waals surface area (Å²) in [5.41, 5.74) is 0.243. The number of hydrogen-bond acceptors (Lipinski definition) is 5. The van der Waals surface area contributed by atoms with Crippen molar-refractivity contribution in [2.45, 2.75) is 18.9 Å². The van der Waals surface area contributed by atoms with Gasteiger partial charge in [0.25, 0.3) is 11.6 Å². The van der Waals surface area contributed by atoms with E-state index in [-0.39, 0.29) is 30.0 Å². The highest BCUT2D eigenvalue weighted by Gasteiger charge is 2.25. The molecule has 0 bridgehead atoms. The van der Waals surface area contributed by atoms with E-state index in [1.165, 1.54) is 35.9 Å². The van der Waals surface area contributed by atoms with Crippen LogP contribution in [0.2, 0.25) is 0 Å². The fourth-order valence-corrected chi connectivity index (χ4v) is 3.86. The van der Waals surface area contributed by atoms with E-state index in [1.807, 2.05) is 11.4 Å². The van der Waals surface area contributed by atoms with Gasteiger partial charge in [0.1, 0.15) is 0 Å². The van der Waals surface area contributed by atoms with Crippen LogP contribution >= 0.6 is 23.7 Å². The summed E-state index contributed by atoms with van der Waals surface area (Å²) in [6.07, 6.45) is 2.36. The van der Waals surface area contributed by atoms with Gasteiger partial charge in [0.15, 0.2) is 0 Å². The lowest BCUT2D eigenvalue weighted by Gasteiger charge is -2.26. The number of amides is 1. The zero-order valence-electron chi connectivity index (χ0n) is 13.6. The second kappa shape index (κ2) is 8.94. The van der Waals surface area contributed by atoms with E-state index < -0.39 is 4.92 Å². The molecule has 1 saturated heterocycles. The molecule has 25 heavy (non-hydrogen) atoms. The normalized spacial score (nSPS) is 15.4. The first kappa shape index (κ1) is 19.4. The molecule has 1 atom stereocenters. The Morgan fingerprint density at radius 2 is 2.04 bits per heavy atom. The fraction of sp³-hybridized carbons (Fsp3) is 0.353. The third-order valence-electron chi connectivity index (χ3n) is 4.23. The molecule has 1 unspecified atom stereocenters. The van der Waals surface area contributed by atoms with Gasteiger partial charge in [0.05, 0.1) is 11.0 Å². The van der Waals surface area contributed by atoms with Crippen molar-refractivity contribution in [3.63, 3.8) is 0 Å². The summed E-state index contributed by atoms with van der Waals surface area (Å²) < 4.78 is 0. The molecule has 6 nitrogen and oxygen atoms in total. The van der Waals surface area contributed by atoms with Gasteiger partial charge in [-0.05, 0) is 43.4 Å². The van der Waals surface area contributed by atoms with Crippen molar-refractivity contribution in [2.75, 3.05) is 19.6 Å². The largest absolute Gasteiger partial charge is 0.350 e. The van der Waals surface area contributed by atoms with Crippen molar-refractivity contribution in [3.8, 4) is 0 Å². The summed E-state index contributed by atoms with van der Waals surface area (Å²) >= 11 is 1.69. The third-order valence-corrected chi connectivity index (χ3v) is 5.20. The Bertz CT molecular complexity index is 718. The molecule has 0 spiro atoms. The lowest BCUT2D eigenvalue weighted by Crippen LogP contribution is -2.36. The highest BCUT2D eigenvalue weighted by Crippen LogP contribution is 2.28. The molecule has 1 fully saturated rings. The molecule has 2 heterocycles. The predicted octanol–water partition coefficient (Wildman–Crippen LogP) is 3.65. The fourth-order valence-electron chi connectivity index (χ4n) is 3.00. The molecule has 1 aromatic carbocycles. The van der Waals surface area contributed by atoms with Gasteiger partial charge in [0, 0.05) is 29.1 Å². The topological polar surface area (TPSA) is 75.5 Å². The average Bonchev–Trinajstić information content (AvgIpc) is 3.29. The maximum atomic E-state index is 12.4. The maximum Gasteiger partial charge on any atom is 0.270 e. The van der Waals surface area contributed by atoms with Crippen LogP contribution in [0.3, 0.4) is 0 Å². The first-order valence-electron chi connectivity index (χ1n) is 7.95. The molecule has 134 valence electrons. The Hall–Kier alpha value is -1.96. The smallest absolute Gasteiger partial charge is 0.270 e. The van der Waals surface area contributed by atoms with Crippen molar-refractivity contribution in [3.05, 3.63) is 62.3 Å². The number of nitro benzene ring substituents is 1. The molecule has 1 amide bonds. The summed E-state index contributed by atoms with van der Waals surface area (Å²) in [7, 11) is 0. The summed E-state index contributed by atoms with van der Waals surface area (Å²) in [5.74, 6) is -0.278. The number of benzene rings is 1. The SMILES string of the molecule is Cl.O=C(NCC(c1cccs1)N1CCCC1)c1cccc([N+](=O)[O-])c1. The number of non-ortho nitro benzene ring substituents is 1. The van der Waals surface area contributed by atoms with Crippen LogP contribution in [-0.2, 0) is 0 Å². The predicted molar refractivity (Wildman–Crippen MR) is 101 cm³/mol. The summed E-state index contributed by atoms with van der Waals surface area (Å²) in [6.45, 7) is 2.58. The zero-order valence-corrected chi connectivity index (χ0v) is 15.2. The van der Waals surface area contributed by atoms with Crippen molar-refractivity contribution in [1.82, 2.24) is 10.2 Å². The summed E-state index contributed by atoms with van der Waals surface area (Å²) in [6, 6.07) is 10.1. The first-order chi connectivity index (χ1) is 11.6. The molecular formula is C17H20ClN3O3S. The Morgan fingerprint density at radius 3 is 2.68 bits per heavy atom. The van der Waals surface area contributed by atoms with E-state index in [9.17, 15) is 14.9 Å². The van der Waals surface area contributed by atoms with E-state index in [0.29, 0.717) is 12.1 Å². The number of halogens is 1. The standard InChI is InChI=1S/C17H19N3O3S.ClH/c21-17(13-5-3-6-14(11-13)20(22)23)18-12-15(16-7-4-10-24-16)19-8-1-2-9-19;/h3-7,10-11,15H,1-2,8-9,12H2,(H,18,21);1H. The van der Waals surface area contributed by atoms with Crippen LogP contribution in [-0.4, -0.2) is 35.4 Å². The number of hydrogen-bond donors (Lipinski definition) is 1. The molecular weight excluding hydrogens is 362 g/mol. The van der Waals surface area contributed by atoms with E-state index in [2.05, 4.69) is 16.3 Å². The molecule has 1 aliphatic rings. The molecule has 3 rings (SSSR count). The summed E-state index contributed by atoms with van der Waals surface area (Å²) in [5, 5.41) is 15.8. The van der Waals surface area contributed by atoms with E-state index in [0.717, 1.165) is 13.1 Å². The third kappa shape index (κ3) is 4.78. The Balaban J connectivity index is 0.00000225. The van der Waals surface area contributed by atoms with E-state index >= 15 is 0 Å². The minimum Gasteiger partial charge on any atom is -0.350 e. The second-order valence-corrected chi connectivity index (χ2v) is 6.77. The van der Waals surface area contributed by atoms with E-state index in [1.54, 1.807) is 17.4 Å². The van der Waals surface area contributed by atoms with Crippen LogP contribution in [0.4, 0.5) is 5.69 Å². The Morgan fingerprint density at radius 1 is 1.28 bits per heavy atom. The second-order valence-electron chi connectivity index (χ2n) is 5.79. The molecule has 0 saturated carbocycles. The number of carbonyl (C=O) groups excluding carboxylic acids is 1. The minimum atomic E-state index is -0.491. The molecule has 1 N–H and O–H groups in total. The van der Waals surface area contributed by atoms with Crippen molar-refractivity contribution >= 4 is 35.3 Å². The highest BCUT2D eigenvalue weighted by atomic mass is 35.5. The number of rotatable bonds is 6.